The Morgan fingerprint density at radius 2 is 1.90 bits per heavy atom. The maximum Gasteiger partial charge on any atom is 0.128 e. The molecule has 2 heterocycles. The molecule has 0 saturated carbocycles. The van der Waals surface area contributed by atoms with Crippen molar-refractivity contribution in [3.05, 3.63) is 53.7 Å². The average Bonchev–Trinajstić information content (AvgIpc) is 3.04. The number of aromatic nitrogens is 1. The number of aryl methyl sites for hydroxylation is 1. The van der Waals surface area contributed by atoms with Gasteiger partial charge in [-0.05, 0) is 36.8 Å². The Bertz CT molecular complexity index is 620. The minimum Gasteiger partial charge on any atom is -0.493 e. The van der Waals surface area contributed by atoms with E-state index in [4.69, 9.17) is 4.74 Å². The lowest BCUT2D eigenvalue weighted by Gasteiger charge is -2.25. The Kier molecular flexibility index (Phi) is 3.56. The first-order valence-electron chi connectivity index (χ1n) is 6.50. The van der Waals surface area contributed by atoms with Gasteiger partial charge in [0.2, 0.25) is 0 Å². The Labute approximate surface area is 119 Å². The van der Waals surface area contributed by atoms with E-state index in [1.807, 2.05) is 30.6 Å². The standard InChI is InChI=1S/C15H17NO3S/c17-20(18)12-7-13-14(5-3-6-15(13)20)19-11-4-10-16-8-1-2-9-16/h1-3,5-9,12,17-18H,4,10-11H2. The number of benzene rings is 1. The van der Waals surface area contributed by atoms with Crippen molar-refractivity contribution in [1.82, 2.24) is 4.57 Å². The topological polar surface area (TPSA) is 54.6 Å². The molecule has 1 aromatic carbocycles. The lowest BCUT2D eigenvalue weighted by Crippen LogP contribution is -2.04. The van der Waals surface area contributed by atoms with E-state index in [9.17, 15) is 9.11 Å². The molecular formula is C15H17NO3S. The Hall–Kier alpha value is -1.69. The van der Waals surface area contributed by atoms with Gasteiger partial charge >= 0.3 is 0 Å². The molecule has 4 nitrogen and oxygen atoms in total. The van der Waals surface area contributed by atoms with Crippen LogP contribution in [0.4, 0.5) is 0 Å². The van der Waals surface area contributed by atoms with Crippen LogP contribution in [0.2, 0.25) is 0 Å². The second-order valence-electron chi connectivity index (χ2n) is 4.69. The third-order valence-electron chi connectivity index (χ3n) is 3.26. The van der Waals surface area contributed by atoms with E-state index in [0.29, 0.717) is 17.3 Å². The molecular weight excluding hydrogens is 274 g/mol. The number of nitrogens with zero attached hydrogens (tertiary/aromatic N) is 1. The van der Waals surface area contributed by atoms with Crippen molar-refractivity contribution in [2.75, 3.05) is 6.61 Å². The van der Waals surface area contributed by atoms with Crippen LogP contribution in [0.3, 0.4) is 0 Å². The highest BCUT2D eigenvalue weighted by atomic mass is 32.3. The summed E-state index contributed by atoms with van der Waals surface area (Å²) in [5.41, 5.74) is 0.786. The van der Waals surface area contributed by atoms with E-state index in [0.717, 1.165) is 18.5 Å². The Morgan fingerprint density at radius 1 is 1.10 bits per heavy atom. The lowest BCUT2D eigenvalue weighted by molar-refractivity contribution is 0.300. The maximum absolute atomic E-state index is 9.86. The molecule has 0 unspecified atom stereocenters. The van der Waals surface area contributed by atoms with Gasteiger partial charge in [-0.3, -0.25) is 9.11 Å². The molecule has 106 valence electrons. The summed E-state index contributed by atoms with van der Waals surface area (Å²) in [6, 6.07) is 9.39. The van der Waals surface area contributed by atoms with Crippen LogP contribution in [-0.2, 0) is 6.54 Å². The van der Waals surface area contributed by atoms with Crippen LogP contribution in [0.5, 0.6) is 5.75 Å². The summed E-state index contributed by atoms with van der Waals surface area (Å²) in [4.78, 5) is 0.556. The van der Waals surface area contributed by atoms with Crippen LogP contribution >= 0.6 is 10.6 Å². The maximum atomic E-state index is 9.86. The molecule has 2 N–H and O–H groups in total. The van der Waals surface area contributed by atoms with Crippen molar-refractivity contribution < 1.29 is 13.8 Å². The predicted molar refractivity (Wildman–Crippen MR) is 81.1 cm³/mol. The van der Waals surface area contributed by atoms with E-state index in [1.54, 1.807) is 18.2 Å². The third kappa shape index (κ3) is 2.60. The van der Waals surface area contributed by atoms with Gasteiger partial charge in [-0.25, -0.2) is 0 Å². The summed E-state index contributed by atoms with van der Waals surface area (Å²) in [6.45, 7) is 1.51. The minimum absolute atomic E-state index is 0.556. The second kappa shape index (κ2) is 5.36. The van der Waals surface area contributed by atoms with Crippen LogP contribution in [0, 0.1) is 0 Å². The van der Waals surface area contributed by atoms with Gasteiger partial charge < -0.3 is 9.30 Å². The minimum atomic E-state index is -2.76. The molecule has 3 rings (SSSR count). The SMILES string of the molecule is OS1(O)C=Cc2c(OCCCn3cccc3)cccc21. The van der Waals surface area contributed by atoms with Crippen LogP contribution in [0.15, 0.2) is 53.0 Å². The van der Waals surface area contributed by atoms with Crippen LogP contribution in [-0.4, -0.2) is 20.3 Å². The first-order chi connectivity index (χ1) is 9.67. The number of rotatable bonds is 5. The number of ether oxygens (including phenoxy) is 1. The van der Waals surface area contributed by atoms with Crippen molar-refractivity contribution in [3.63, 3.8) is 0 Å². The monoisotopic (exact) mass is 291 g/mol. The summed E-state index contributed by atoms with van der Waals surface area (Å²) < 4.78 is 27.6. The summed E-state index contributed by atoms with van der Waals surface area (Å²) in [6.07, 6.45) is 6.68. The van der Waals surface area contributed by atoms with Crippen LogP contribution in [0.25, 0.3) is 6.08 Å². The molecule has 2 aromatic rings. The third-order valence-corrected chi connectivity index (χ3v) is 4.78. The highest BCUT2D eigenvalue weighted by Gasteiger charge is 2.23. The molecule has 0 bridgehead atoms. The van der Waals surface area contributed by atoms with E-state index in [-0.39, 0.29) is 0 Å². The van der Waals surface area contributed by atoms with Crippen LogP contribution in [0.1, 0.15) is 12.0 Å². The van der Waals surface area contributed by atoms with Gasteiger partial charge in [-0.15, -0.1) is 10.6 Å². The number of fused-ring (bicyclic) bond motifs is 1. The number of hydrogen-bond donors (Lipinski definition) is 2. The van der Waals surface area contributed by atoms with Crippen molar-refractivity contribution in [2.24, 2.45) is 0 Å². The van der Waals surface area contributed by atoms with Crippen LogP contribution < -0.4 is 4.74 Å². The molecule has 0 aliphatic carbocycles. The Balaban J connectivity index is 1.62. The summed E-state index contributed by atoms with van der Waals surface area (Å²) in [5.74, 6) is 0.712. The fourth-order valence-electron chi connectivity index (χ4n) is 2.26. The number of hydrogen-bond acceptors (Lipinski definition) is 3. The zero-order valence-electron chi connectivity index (χ0n) is 11.0. The normalized spacial score (nSPS) is 16.9. The summed E-state index contributed by atoms with van der Waals surface area (Å²) >= 11 is 0. The summed E-state index contributed by atoms with van der Waals surface area (Å²) in [5, 5.41) is 1.45. The highest BCUT2D eigenvalue weighted by molar-refractivity contribution is 8.27. The molecule has 1 aliphatic rings. The molecule has 0 fully saturated rings. The van der Waals surface area contributed by atoms with E-state index in [1.165, 1.54) is 5.41 Å². The molecule has 1 aromatic heterocycles. The van der Waals surface area contributed by atoms with E-state index < -0.39 is 10.6 Å². The molecule has 20 heavy (non-hydrogen) atoms. The summed E-state index contributed by atoms with van der Waals surface area (Å²) in [7, 11) is -2.76. The zero-order valence-corrected chi connectivity index (χ0v) is 11.8. The molecule has 0 saturated heterocycles. The van der Waals surface area contributed by atoms with Crippen molar-refractivity contribution >= 4 is 16.7 Å². The lowest BCUT2D eigenvalue weighted by atomic mass is 10.2. The molecule has 5 heteroatoms. The Morgan fingerprint density at radius 3 is 2.70 bits per heavy atom. The first kappa shape index (κ1) is 13.3. The van der Waals surface area contributed by atoms with Gasteiger partial charge in [0.05, 0.1) is 11.5 Å². The first-order valence-corrected chi connectivity index (χ1v) is 8.11. The van der Waals surface area contributed by atoms with Gasteiger partial charge in [0.15, 0.2) is 0 Å². The molecule has 0 amide bonds. The van der Waals surface area contributed by atoms with Crippen molar-refractivity contribution in [3.8, 4) is 5.75 Å². The quantitative estimate of drug-likeness (QED) is 0.817. The molecule has 0 atom stereocenters. The largest absolute Gasteiger partial charge is 0.493 e. The smallest absolute Gasteiger partial charge is 0.128 e. The average molecular weight is 291 g/mol. The molecule has 1 aliphatic heterocycles. The van der Waals surface area contributed by atoms with Gasteiger partial charge in [0, 0.05) is 29.9 Å². The van der Waals surface area contributed by atoms with Gasteiger partial charge in [-0.2, -0.15) is 0 Å². The van der Waals surface area contributed by atoms with Gasteiger partial charge in [0.25, 0.3) is 0 Å². The van der Waals surface area contributed by atoms with E-state index in [2.05, 4.69) is 4.57 Å². The fraction of sp³-hybridized carbons (Fsp3) is 0.200. The zero-order chi connectivity index (χ0) is 14.0. The van der Waals surface area contributed by atoms with E-state index >= 15 is 0 Å². The molecule has 0 radical (unpaired) electrons. The fourth-order valence-corrected chi connectivity index (χ4v) is 3.50. The van der Waals surface area contributed by atoms with Crippen molar-refractivity contribution in [1.29, 1.82) is 0 Å². The second-order valence-corrected chi connectivity index (χ2v) is 6.58. The van der Waals surface area contributed by atoms with Gasteiger partial charge in [0.1, 0.15) is 5.75 Å². The highest BCUT2D eigenvalue weighted by Crippen LogP contribution is 2.57. The van der Waals surface area contributed by atoms with Gasteiger partial charge in [-0.1, -0.05) is 6.07 Å². The molecule has 0 spiro atoms. The van der Waals surface area contributed by atoms with Crippen molar-refractivity contribution in [2.45, 2.75) is 17.9 Å². The predicted octanol–water partition coefficient (Wildman–Crippen LogP) is 4.05.